The van der Waals surface area contributed by atoms with Crippen LogP contribution in [0, 0.1) is 11.8 Å². The van der Waals surface area contributed by atoms with Crippen molar-refractivity contribution in [3.8, 4) is 0 Å². The van der Waals surface area contributed by atoms with Crippen LogP contribution in [-0.2, 0) is 4.79 Å². The van der Waals surface area contributed by atoms with Crippen molar-refractivity contribution in [2.45, 2.75) is 6.18 Å². The SMILES string of the molecule is NC(=O)c1csc(C(=O)N2C[C@@H](C(F)(F)F)[C@H](C(=O)O)C2)c1. The van der Waals surface area contributed by atoms with Gasteiger partial charge in [-0.2, -0.15) is 13.2 Å². The molecule has 2 atom stereocenters. The Bertz CT molecular complexity index is 628. The lowest BCUT2D eigenvalue weighted by Gasteiger charge is -2.18. The van der Waals surface area contributed by atoms with Crippen molar-refractivity contribution in [3.63, 3.8) is 0 Å². The average molecular weight is 336 g/mol. The Morgan fingerprint density at radius 2 is 1.95 bits per heavy atom. The molecule has 120 valence electrons. The number of primary amides is 1. The number of likely N-dealkylation sites (tertiary alicyclic amines) is 1. The third-order valence-electron chi connectivity index (χ3n) is 3.44. The number of aliphatic carboxylic acids is 1. The molecule has 0 aromatic carbocycles. The quantitative estimate of drug-likeness (QED) is 0.865. The zero-order valence-corrected chi connectivity index (χ0v) is 11.8. The van der Waals surface area contributed by atoms with Gasteiger partial charge in [0.2, 0.25) is 5.91 Å². The standard InChI is InChI=1S/C12H11F3N2O4S/c13-12(14,15)7-3-17(2-6(7)11(20)21)10(19)8-1-5(4-22-8)9(16)18/h1,4,6-7H,2-3H2,(H2,16,18)(H,20,21)/t6-,7-/m1/s1. The van der Waals surface area contributed by atoms with Crippen LogP contribution in [0.2, 0.25) is 0 Å². The molecule has 1 fully saturated rings. The lowest BCUT2D eigenvalue weighted by atomic mass is 9.96. The first-order chi connectivity index (χ1) is 10.1. The first kappa shape index (κ1) is 16.3. The number of rotatable bonds is 3. The number of nitrogens with zero attached hydrogens (tertiary/aromatic N) is 1. The first-order valence-corrected chi connectivity index (χ1v) is 6.96. The molecule has 2 amide bonds. The molecule has 3 N–H and O–H groups in total. The number of alkyl halides is 3. The molecule has 1 saturated heterocycles. The summed E-state index contributed by atoms with van der Waals surface area (Å²) in [7, 11) is 0. The van der Waals surface area contributed by atoms with Crippen LogP contribution in [0.4, 0.5) is 13.2 Å². The largest absolute Gasteiger partial charge is 0.481 e. The van der Waals surface area contributed by atoms with Crippen molar-refractivity contribution in [1.82, 2.24) is 4.90 Å². The summed E-state index contributed by atoms with van der Waals surface area (Å²) < 4.78 is 38.6. The molecule has 6 nitrogen and oxygen atoms in total. The molecule has 0 radical (unpaired) electrons. The highest BCUT2D eigenvalue weighted by Crippen LogP contribution is 2.38. The summed E-state index contributed by atoms with van der Waals surface area (Å²) in [6, 6.07) is 1.19. The van der Waals surface area contributed by atoms with E-state index in [9.17, 15) is 27.6 Å². The van der Waals surface area contributed by atoms with Crippen LogP contribution in [0.15, 0.2) is 11.4 Å². The predicted molar refractivity (Wildman–Crippen MR) is 69.4 cm³/mol. The Balaban J connectivity index is 2.20. The molecule has 1 aromatic heterocycles. The molecule has 22 heavy (non-hydrogen) atoms. The maximum Gasteiger partial charge on any atom is 0.394 e. The fourth-order valence-corrected chi connectivity index (χ4v) is 3.15. The molecule has 0 aliphatic carbocycles. The molecule has 0 unspecified atom stereocenters. The minimum atomic E-state index is -4.70. The van der Waals surface area contributed by atoms with Gasteiger partial charge in [0, 0.05) is 18.5 Å². The number of carboxylic acid groups (broad SMARTS) is 1. The molecule has 1 aromatic rings. The highest BCUT2D eigenvalue weighted by atomic mass is 32.1. The van der Waals surface area contributed by atoms with Gasteiger partial charge >= 0.3 is 12.1 Å². The zero-order chi connectivity index (χ0) is 16.7. The van der Waals surface area contributed by atoms with E-state index >= 15 is 0 Å². The number of hydrogen-bond acceptors (Lipinski definition) is 4. The Morgan fingerprint density at radius 3 is 2.36 bits per heavy atom. The van der Waals surface area contributed by atoms with Gasteiger partial charge in [-0.3, -0.25) is 14.4 Å². The van der Waals surface area contributed by atoms with E-state index in [0.717, 1.165) is 16.2 Å². The zero-order valence-electron chi connectivity index (χ0n) is 11.0. The molecule has 1 aliphatic heterocycles. The number of carbonyl (C=O) groups is 3. The van der Waals surface area contributed by atoms with E-state index in [-0.39, 0.29) is 10.4 Å². The van der Waals surface area contributed by atoms with Crippen molar-refractivity contribution in [3.05, 3.63) is 21.9 Å². The summed E-state index contributed by atoms with van der Waals surface area (Å²) in [6.07, 6.45) is -4.70. The minimum absolute atomic E-state index is 0.0424. The van der Waals surface area contributed by atoms with E-state index in [1.807, 2.05) is 0 Å². The Kier molecular flexibility index (Phi) is 4.14. The summed E-state index contributed by atoms with van der Waals surface area (Å²) in [5, 5.41) is 10.2. The summed E-state index contributed by atoms with van der Waals surface area (Å²) in [4.78, 5) is 35.0. The van der Waals surface area contributed by atoms with Crippen LogP contribution in [0.5, 0.6) is 0 Å². The molecule has 0 saturated carbocycles. The number of nitrogens with two attached hydrogens (primary N) is 1. The summed E-state index contributed by atoms with van der Waals surface area (Å²) in [5.41, 5.74) is 5.12. The van der Waals surface area contributed by atoms with Crippen LogP contribution in [-0.4, -0.2) is 47.1 Å². The van der Waals surface area contributed by atoms with Crippen molar-refractivity contribution >= 4 is 29.1 Å². The van der Waals surface area contributed by atoms with E-state index < -0.39 is 48.9 Å². The highest BCUT2D eigenvalue weighted by Gasteiger charge is 2.53. The van der Waals surface area contributed by atoms with Gasteiger partial charge in [0.15, 0.2) is 0 Å². The van der Waals surface area contributed by atoms with Crippen molar-refractivity contribution in [1.29, 1.82) is 0 Å². The molecular weight excluding hydrogens is 325 g/mol. The minimum Gasteiger partial charge on any atom is -0.481 e. The van der Waals surface area contributed by atoms with E-state index in [4.69, 9.17) is 10.8 Å². The van der Waals surface area contributed by atoms with Crippen LogP contribution < -0.4 is 5.73 Å². The second kappa shape index (κ2) is 5.59. The number of halogens is 3. The smallest absolute Gasteiger partial charge is 0.394 e. The van der Waals surface area contributed by atoms with Crippen LogP contribution in [0.3, 0.4) is 0 Å². The molecule has 2 heterocycles. The Labute approximate surface area is 126 Å². The average Bonchev–Trinajstić information content (AvgIpc) is 3.04. The third-order valence-corrected chi connectivity index (χ3v) is 4.36. The highest BCUT2D eigenvalue weighted by molar-refractivity contribution is 7.12. The van der Waals surface area contributed by atoms with Gasteiger partial charge in [-0.05, 0) is 6.07 Å². The van der Waals surface area contributed by atoms with E-state index in [2.05, 4.69) is 0 Å². The Morgan fingerprint density at radius 1 is 1.32 bits per heavy atom. The lowest BCUT2D eigenvalue weighted by molar-refractivity contribution is -0.187. The molecule has 10 heteroatoms. The molecular formula is C12H11F3N2O4S. The van der Waals surface area contributed by atoms with Gasteiger partial charge in [-0.15, -0.1) is 11.3 Å². The normalized spacial score (nSPS) is 21.9. The van der Waals surface area contributed by atoms with Gasteiger partial charge in [0.1, 0.15) is 0 Å². The lowest BCUT2D eigenvalue weighted by Crippen LogP contribution is -2.34. The first-order valence-electron chi connectivity index (χ1n) is 6.08. The molecule has 2 rings (SSSR count). The van der Waals surface area contributed by atoms with Gasteiger partial charge in [0.25, 0.3) is 5.91 Å². The van der Waals surface area contributed by atoms with Crippen LogP contribution >= 0.6 is 11.3 Å². The van der Waals surface area contributed by atoms with E-state index in [1.54, 1.807) is 0 Å². The fraction of sp³-hybridized carbons (Fsp3) is 0.417. The van der Waals surface area contributed by atoms with Crippen molar-refractivity contribution in [2.24, 2.45) is 17.6 Å². The van der Waals surface area contributed by atoms with Gasteiger partial charge < -0.3 is 15.7 Å². The monoisotopic (exact) mass is 336 g/mol. The Hall–Kier alpha value is -2.10. The van der Waals surface area contributed by atoms with Crippen LogP contribution in [0.1, 0.15) is 20.0 Å². The van der Waals surface area contributed by atoms with Crippen LogP contribution in [0.25, 0.3) is 0 Å². The second-order valence-electron chi connectivity index (χ2n) is 4.87. The van der Waals surface area contributed by atoms with E-state index in [1.165, 1.54) is 11.4 Å². The van der Waals surface area contributed by atoms with Gasteiger partial charge in [0.05, 0.1) is 22.3 Å². The summed E-state index contributed by atoms with van der Waals surface area (Å²) in [6.45, 7) is -1.24. The molecule has 0 bridgehead atoms. The van der Waals surface area contributed by atoms with Gasteiger partial charge in [-0.1, -0.05) is 0 Å². The fourth-order valence-electron chi connectivity index (χ4n) is 2.28. The number of hydrogen-bond donors (Lipinski definition) is 2. The molecule has 0 spiro atoms. The second-order valence-corrected chi connectivity index (χ2v) is 5.78. The number of carbonyl (C=O) groups excluding carboxylic acids is 2. The topological polar surface area (TPSA) is 101 Å². The van der Waals surface area contributed by atoms with Crippen molar-refractivity contribution in [2.75, 3.05) is 13.1 Å². The van der Waals surface area contributed by atoms with Gasteiger partial charge in [-0.25, -0.2) is 0 Å². The summed E-state index contributed by atoms with van der Waals surface area (Å²) >= 11 is 0.870. The summed E-state index contributed by atoms with van der Waals surface area (Å²) in [5.74, 6) is -6.89. The predicted octanol–water partition coefficient (Wildman–Crippen LogP) is 1.18. The number of carboxylic acids is 1. The number of amides is 2. The molecule has 1 aliphatic rings. The maximum atomic E-state index is 12.9. The number of thiophene rings is 1. The third kappa shape index (κ3) is 3.06. The van der Waals surface area contributed by atoms with Crippen molar-refractivity contribution < 1.29 is 32.7 Å². The maximum absolute atomic E-state index is 12.9. The van der Waals surface area contributed by atoms with E-state index in [0.29, 0.717) is 0 Å².